The Morgan fingerprint density at radius 1 is 0.882 bits per heavy atom. The van der Waals surface area contributed by atoms with E-state index in [-0.39, 0.29) is 0 Å². The van der Waals surface area contributed by atoms with E-state index >= 15 is 0 Å². The van der Waals surface area contributed by atoms with Gasteiger partial charge in [-0.3, -0.25) is 0 Å². The predicted molar refractivity (Wildman–Crippen MR) is 69.6 cm³/mol. The van der Waals surface area contributed by atoms with Crippen LogP contribution in [0.25, 0.3) is 0 Å². The summed E-state index contributed by atoms with van der Waals surface area (Å²) in [5.41, 5.74) is 0. The molecule has 0 aliphatic heterocycles. The van der Waals surface area contributed by atoms with Gasteiger partial charge in [-0.2, -0.15) is 0 Å². The molecule has 0 radical (unpaired) electrons. The molecule has 0 aromatic rings. The van der Waals surface area contributed by atoms with Gasteiger partial charge in [0.05, 0.1) is 6.54 Å². The van der Waals surface area contributed by atoms with E-state index < -0.39 is 0 Å². The fourth-order valence-corrected chi connectivity index (χ4v) is 3.95. The third-order valence-corrected chi connectivity index (χ3v) is 4.88. The molecule has 0 saturated heterocycles. The number of hydrogen-bond donors (Lipinski definition) is 0. The van der Waals surface area contributed by atoms with Gasteiger partial charge in [0, 0.05) is 0 Å². The summed E-state index contributed by atoms with van der Waals surface area (Å²) in [4.78, 5) is 14.3. The third kappa shape index (κ3) is 3.67. The van der Waals surface area contributed by atoms with Gasteiger partial charge in [-0.15, -0.1) is 0 Å². The molecule has 2 fully saturated rings. The van der Waals surface area contributed by atoms with Crippen molar-refractivity contribution < 1.29 is 4.79 Å². The van der Waals surface area contributed by atoms with Crippen molar-refractivity contribution in [2.75, 3.05) is 6.54 Å². The minimum absolute atomic E-state index is 0.678. The maximum Gasteiger partial charge on any atom is 0.234 e. The van der Waals surface area contributed by atoms with E-state index in [1.165, 1.54) is 64.2 Å². The van der Waals surface area contributed by atoms with Crippen molar-refractivity contribution >= 4 is 6.08 Å². The summed E-state index contributed by atoms with van der Waals surface area (Å²) in [6, 6.07) is 0. The maximum absolute atomic E-state index is 10.4. The molecule has 2 aliphatic rings. The number of nitrogens with zero attached hydrogens (tertiary/aromatic N) is 1. The molecule has 96 valence electrons. The lowest BCUT2D eigenvalue weighted by atomic mass is 9.70. The molecular weight excluding hydrogens is 210 g/mol. The van der Waals surface area contributed by atoms with Crippen LogP contribution >= 0.6 is 0 Å². The standard InChI is InChI=1S/C15H25NO/c17-12-16-11-15(13-7-3-1-4-8-13)14-9-5-2-6-10-14/h13-15H,1-11H2. The highest BCUT2D eigenvalue weighted by molar-refractivity contribution is 5.32. The highest BCUT2D eigenvalue weighted by Crippen LogP contribution is 2.39. The Kier molecular flexibility index (Phi) is 5.25. The van der Waals surface area contributed by atoms with Crippen LogP contribution in [-0.4, -0.2) is 12.6 Å². The molecule has 0 spiro atoms. The molecule has 0 atom stereocenters. The van der Waals surface area contributed by atoms with Crippen LogP contribution in [0.5, 0.6) is 0 Å². The summed E-state index contributed by atoms with van der Waals surface area (Å²) in [7, 11) is 0. The Morgan fingerprint density at radius 2 is 1.35 bits per heavy atom. The molecule has 0 unspecified atom stereocenters. The summed E-state index contributed by atoms with van der Waals surface area (Å²) >= 11 is 0. The van der Waals surface area contributed by atoms with Crippen molar-refractivity contribution in [1.82, 2.24) is 0 Å². The highest BCUT2D eigenvalue weighted by atomic mass is 16.1. The lowest BCUT2D eigenvalue weighted by Crippen LogP contribution is -2.29. The Balaban J connectivity index is 1.97. The van der Waals surface area contributed by atoms with Crippen LogP contribution in [0.4, 0.5) is 0 Å². The van der Waals surface area contributed by atoms with Crippen LogP contribution in [-0.2, 0) is 4.79 Å². The molecule has 17 heavy (non-hydrogen) atoms. The van der Waals surface area contributed by atoms with Gasteiger partial charge in [0.2, 0.25) is 6.08 Å². The second-order valence-electron chi connectivity index (χ2n) is 5.89. The lowest BCUT2D eigenvalue weighted by Gasteiger charge is -2.36. The maximum atomic E-state index is 10.4. The number of aliphatic imine (C=N–C) groups is 1. The zero-order chi connectivity index (χ0) is 11.9. The van der Waals surface area contributed by atoms with Crippen molar-refractivity contribution in [1.29, 1.82) is 0 Å². The fraction of sp³-hybridized carbons (Fsp3) is 0.933. The first-order valence-corrected chi connectivity index (χ1v) is 7.45. The molecular formula is C15H25NO. The van der Waals surface area contributed by atoms with E-state index in [4.69, 9.17) is 0 Å². The number of rotatable bonds is 4. The van der Waals surface area contributed by atoms with Crippen molar-refractivity contribution in [3.63, 3.8) is 0 Å². The van der Waals surface area contributed by atoms with Crippen LogP contribution in [0.1, 0.15) is 64.2 Å². The second kappa shape index (κ2) is 6.96. The first-order chi connectivity index (χ1) is 8.42. The minimum atomic E-state index is 0.678. The number of hydrogen-bond acceptors (Lipinski definition) is 2. The second-order valence-corrected chi connectivity index (χ2v) is 5.89. The molecule has 2 rings (SSSR count). The molecule has 0 heterocycles. The van der Waals surface area contributed by atoms with E-state index in [0.29, 0.717) is 5.92 Å². The molecule has 2 aliphatic carbocycles. The van der Waals surface area contributed by atoms with Crippen molar-refractivity contribution in [2.45, 2.75) is 64.2 Å². The van der Waals surface area contributed by atoms with Gasteiger partial charge in [-0.05, 0) is 17.8 Å². The molecule has 0 bridgehead atoms. The zero-order valence-corrected chi connectivity index (χ0v) is 10.9. The van der Waals surface area contributed by atoms with Gasteiger partial charge in [-0.1, -0.05) is 64.2 Å². The van der Waals surface area contributed by atoms with Crippen LogP contribution in [0.3, 0.4) is 0 Å². The summed E-state index contributed by atoms with van der Waals surface area (Å²) < 4.78 is 0. The summed E-state index contributed by atoms with van der Waals surface area (Å²) in [5, 5.41) is 0. The topological polar surface area (TPSA) is 29.4 Å². The van der Waals surface area contributed by atoms with Crippen LogP contribution in [0.2, 0.25) is 0 Å². The average Bonchev–Trinajstić information content (AvgIpc) is 2.42. The van der Waals surface area contributed by atoms with Gasteiger partial charge < -0.3 is 0 Å². The zero-order valence-electron chi connectivity index (χ0n) is 10.9. The molecule has 2 saturated carbocycles. The summed E-state index contributed by atoms with van der Waals surface area (Å²) in [6.45, 7) is 0.749. The molecule has 0 aromatic carbocycles. The molecule has 2 heteroatoms. The van der Waals surface area contributed by atoms with Crippen LogP contribution in [0, 0.1) is 17.8 Å². The smallest absolute Gasteiger partial charge is 0.211 e. The number of isocyanates is 1. The van der Waals surface area contributed by atoms with E-state index in [1.807, 2.05) is 0 Å². The minimum Gasteiger partial charge on any atom is -0.211 e. The van der Waals surface area contributed by atoms with Gasteiger partial charge in [-0.25, -0.2) is 9.79 Å². The van der Waals surface area contributed by atoms with Crippen LogP contribution < -0.4 is 0 Å². The van der Waals surface area contributed by atoms with Crippen molar-refractivity contribution in [3.8, 4) is 0 Å². The Morgan fingerprint density at radius 3 is 1.76 bits per heavy atom. The molecule has 0 amide bonds. The number of carbonyl (C=O) groups excluding carboxylic acids is 1. The predicted octanol–water partition coefficient (Wildman–Crippen LogP) is 4.10. The first-order valence-electron chi connectivity index (χ1n) is 7.45. The van der Waals surface area contributed by atoms with Gasteiger partial charge in [0.15, 0.2) is 0 Å². The van der Waals surface area contributed by atoms with Crippen molar-refractivity contribution in [2.24, 2.45) is 22.7 Å². The van der Waals surface area contributed by atoms with Crippen LogP contribution in [0.15, 0.2) is 4.99 Å². The quantitative estimate of drug-likeness (QED) is 0.533. The fourth-order valence-electron chi connectivity index (χ4n) is 3.95. The third-order valence-electron chi connectivity index (χ3n) is 4.88. The Labute approximate surface area is 105 Å². The van der Waals surface area contributed by atoms with E-state index in [1.54, 1.807) is 6.08 Å². The van der Waals surface area contributed by atoms with E-state index in [9.17, 15) is 4.79 Å². The first kappa shape index (κ1) is 12.8. The van der Waals surface area contributed by atoms with E-state index in [0.717, 1.165) is 18.4 Å². The summed E-state index contributed by atoms with van der Waals surface area (Å²) in [6.07, 6.45) is 15.6. The normalized spacial score (nSPS) is 23.6. The van der Waals surface area contributed by atoms with Gasteiger partial charge >= 0.3 is 0 Å². The Hall–Kier alpha value is -0.620. The SMILES string of the molecule is O=C=NCC(C1CCCCC1)C1CCCCC1. The van der Waals surface area contributed by atoms with Gasteiger partial charge in [0.1, 0.15) is 0 Å². The van der Waals surface area contributed by atoms with Gasteiger partial charge in [0.25, 0.3) is 0 Å². The highest BCUT2D eigenvalue weighted by Gasteiger charge is 2.31. The molecule has 2 nitrogen and oxygen atoms in total. The largest absolute Gasteiger partial charge is 0.234 e. The van der Waals surface area contributed by atoms with Crippen molar-refractivity contribution in [3.05, 3.63) is 0 Å². The monoisotopic (exact) mass is 235 g/mol. The summed E-state index contributed by atoms with van der Waals surface area (Å²) in [5.74, 6) is 2.35. The molecule has 0 N–H and O–H groups in total. The van der Waals surface area contributed by atoms with E-state index in [2.05, 4.69) is 4.99 Å². The lowest BCUT2D eigenvalue weighted by molar-refractivity contribution is 0.150. The molecule has 0 aromatic heterocycles. The Bertz CT molecular complexity index is 240. The average molecular weight is 235 g/mol.